The molecule has 0 aromatic carbocycles. The van der Waals surface area contributed by atoms with E-state index in [1.165, 1.54) is 5.57 Å². The topological polar surface area (TPSA) is 39.2 Å². The molecular formula is C17H23NO2S. The molecule has 1 aromatic heterocycles. The summed E-state index contributed by atoms with van der Waals surface area (Å²) < 4.78 is 4.95. The minimum atomic E-state index is -0.228. The predicted octanol–water partition coefficient (Wildman–Crippen LogP) is 4.56. The van der Waals surface area contributed by atoms with Gasteiger partial charge >= 0.3 is 5.97 Å². The smallest absolute Gasteiger partial charge is 0.311 e. The third-order valence-corrected chi connectivity index (χ3v) is 3.50. The molecule has 0 aliphatic heterocycles. The van der Waals surface area contributed by atoms with Crippen molar-refractivity contribution in [3.05, 3.63) is 46.0 Å². The van der Waals surface area contributed by atoms with Crippen LogP contribution >= 0.6 is 11.3 Å². The summed E-state index contributed by atoms with van der Waals surface area (Å²) in [7, 11) is 0. The predicted molar refractivity (Wildman–Crippen MR) is 89.3 cm³/mol. The van der Waals surface area contributed by atoms with Crippen molar-refractivity contribution in [1.82, 2.24) is 4.98 Å². The van der Waals surface area contributed by atoms with Gasteiger partial charge in [-0.15, -0.1) is 11.3 Å². The lowest BCUT2D eigenvalue weighted by Gasteiger charge is -1.99. The van der Waals surface area contributed by atoms with Crippen LogP contribution in [0, 0.1) is 0 Å². The molecule has 0 saturated carbocycles. The van der Waals surface area contributed by atoms with Gasteiger partial charge in [0, 0.05) is 11.0 Å². The van der Waals surface area contributed by atoms with E-state index in [1.807, 2.05) is 5.38 Å². The molecule has 0 aliphatic rings. The Balaban J connectivity index is 2.92. The second kappa shape index (κ2) is 9.29. The molecule has 0 bridgehead atoms. The van der Waals surface area contributed by atoms with Crippen molar-refractivity contribution in [1.29, 1.82) is 0 Å². The van der Waals surface area contributed by atoms with E-state index < -0.39 is 0 Å². The summed E-state index contributed by atoms with van der Waals surface area (Å²) in [5.74, 6) is -0.228. The van der Waals surface area contributed by atoms with Crippen molar-refractivity contribution < 1.29 is 9.53 Å². The van der Waals surface area contributed by atoms with Gasteiger partial charge in [0.1, 0.15) is 5.01 Å². The standard InChI is InChI=1S/C17H23NO2S/c1-5-7-8-14(10-9-13(3)4)17-18-15(12-21-17)11-16(19)20-6-2/h7-10,12H,5-6,11H2,1-4H3/b8-7-,14-10+. The van der Waals surface area contributed by atoms with Gasteiger partial charge in [-0.25, -0.2) is 4.98 Å². The first kappa shape index (κ1) is 17.4. The number of rotatable bonds is 7. The number of nitrogens with zero attached hydrogens (tertiary/aromatic N) is 1. The highest BCUT2D eigenvalue weighted by molar-refractivity contribution is 7.10. The fourth-order valence-electron chi connectivity index (χ4n) is 1.58. The van der Waals surface area contributed by atoms with E-state index in [2.05, 4.69) is 50.1 Å². The largest absolute Gasteiger partial charge is 0.466 e. The van der Waals surface area contributed by atoms with E-state index in [0.29, 0.717) is 6.61 Å². The average molecular weight is 305 g/mol. The number of esters is 1. The van der Waals surface area contributed by atoms with Crippen LogP contribution in [0.25, 0.3) is 5.57 Å². The fraction of sp³-hybridized carbons (Fsp3) is 0.412. The molecule has 1 aromatic rings. The first-order chi connectivity index (χ1) is 10.1. The van der Waals surface area contributed by atoms with E-state index >= 15 is 0 Å². The summed E-state index contributed by atoms with van der Waals surface area (Å²) in [6, 6.07) is 0. The zero-order valence-corrected chi connectivity index (χ0v) is 14.0. The van der Waals surface area contributed by atoms with Crippen LogP contribution in [0.4, 0.5) is 0 Å². The number of allylic oxidation sites excluding steroid dienone is 6. The lowest BCUT2D eigenvalue weighted by atomic mass is 10.2. The number of ether oxygens (including phenoxy) is 1. The van der Waals surface area contributed by atoms with Crippen LogP contribution in [0.2, 0.25) is 0 Å². The van der Waals surface area contributed by atoms with Crippen molar-refractivity contribution in [2.45, 2.75) is 40.5 Å². The molecule has 21 heavy (non-hydrogen) atoms. The Labute approximate surface area is 131 Å². The molecule has 1 rings (SSSR count). The molecule has 114 valence electrons. The first-order valence-corrected chi connectivity index (χ1v) is 8.06. The summed E-state index contributed by atoms with van der Waals surface area (Å²) in [4.78, 5) is 16.0. The Bertz CT molecular complexity index is 549. The number of carbonyl (C=O) groups is 1. The molecule has 0 N–H and O–H groups in total. The number of carbonyl (C=O) groups excluding carboxylic acids is 1. The second-order valence-corrected chi connectivity index (χ2v) is 5.66. The third kappa shape index (κ3) is 6.54. The highest BCUT2D eigenvalue weighted by atomic mass is 32.1. The van der Waals surface area contributed by atoms with Gasteiger partial charge < -0.3 is 4.74 Å². The Morgan fingerprint density at radius 2 is 2.10 bits per heavy atom. The maximum atomic E-state index is 11.5. The van der Waals surface area contributed by atoms with Crippen molar-refractivity contribution >= 4 is 22.9 Å². The maximum absolute atomic E-state index is 11.5. The van der Waals surface area contributed by atoms with Crippen molar-refractivity contribution in [2.75, 3.05) is 6.61 Å². The van der Waals surface area contributed by atoms with E-state index in [-0.39, 0.29) is 12.4 Å². The Morgan fingerprint density at radius 3 is 2.71 bits per heavy atom. The fourth-order valence-corrected chi connectivity index (χ4v) is 2.41. The number of aromatic nitrogens is 1. The quantitative estimate of drug-likeness (QED) is 0.547. The zero-order chi connectivity index (χ0) is 15.7. The summed E-state index contributed by atoms with van der Waals surface area (Å²) in [6.07, 6.45) is 9.53. The van der Waals surface area contributed by atoms with Gasteiger partial charge in [0.15, 0.2) is 0 Å². The van der Waals surface area contributed by atoms with Crippen molar-refractivity contribution in [2.24, 2.45) is 0 Å². The summed E-state index contributed by atoms with van der Waals surface area (Å²) in [6.45, 7) is 8.43. The summed E-state index contributed by atoms with van der Waals surface area (Å²) >= 11 is 1.55. The van der Waals surface area contributed by atoms with Gasteiger partial charge in [-0.2, -0.15) is 0 Å². The zero-order valence-electron chi connectivity index (χ0n) is 13.2. The van der Waals surface area contributed by atoms with E-state index in [1.54, 1.807) is 18.3 Å². The van der Waals surface area contributed by atoms with Gasteiger partial charge in [0.05, 0.1) is 18.7 Å². The monoisotopic (exact) mass is 305 g/mol. The molecular weight excluding hydrogens is 282 g/mol. The van der Waals surface area contributed by atoms with Crippen LogP contribution in [-0.4, -0.2) is 17.6 Å². The van der Waals surface area contributed by atoms with E-state index in [4.69, 9.17) is 4.74 Å². The summed E-state index contributed by atoms with van der Waals surface area (Å²) in [5.41, 5.74) is 3.07. The molecule has 0 unspecified atom stereocenters. The molecule has 0 radical (unpaired) electrons. The minimum absolute atomic E-state index is 0.228. The highest BCUT2D eigenvalue weighted by Crippen LogP contribution is 2.22. The van der Waals surface area contributed by atoms with E-state index in [9.17, 15) is 4.79 Å². The lowest BCUT2D eigenvalue weighted by molar-refractivity contribution is -0.142. The number of thiazole rings is 1. The molecule has 3 nitrogen and oxygen atoms in total. The number of hydrogen-bond donors (Lipinski definition) is 0. The summed E-state index contributed by atoms with van der Waals surface area (Å²) in [5, 5.41) is 2.85. The highest BCUT2D eigenvalue weighted by Gasteiger charge is 2.09. The van der Waals surface area contributed by atoms with Crippen molar-refractivity contribution in [3.8, 4) is 0 Å². The van der Waals surface area contributed by atoms with Crippen LogP contribution in [0.15, 0.2) is 35.3 Å². The molecule has 0 spiro atoms. The molecule has 0 aliphatic carbocycles. The molecule has 0 amide bonds. The van der Waals surface area contributed by atoms with Crippen LogP contribution < -0.4 is 0 Å². The molecule has 0 atom stereocenters. The Kier molecular flexibility index (Phi) is 7.69. The SMILES string of the molecule is CC/C=C\C(=C/C=C(C)C)c1nc(CC(=O)OCC)cs1. The second-order valence-electron chi connectivity index (χ2n) is 4.80. The molecule has 0 saturated heterocycles. The molecule has 0 fully saturated rings. The minimum Gasteiger partial charge on any atom is -0.466 e. The molecule has 1 heterocycles. The van der Waals surface area contributed by atoms with Gasteiger partial charge in [-0.05, 0) is 27.2 Å². The van der Waals surface area contributed by atoms with Crippen LogP contribution in [-0.2, 0) is 16.0 Å². The lowest BCUT2D eigenvalue weighted by Crippen LogP contribution is -2.07. The average Bonchev–Trinajstić information content (AvgIpc) is 2.87. The van der Waals surface area contributed by atoms with E-state index in [0.717, 1.165) is 22.7 Å². The van der Waals surface area contributed by atoms with Crippen LogP contribution in [0.5, 0.6) is 0 Å². The van der Waals surface area contributed by atoms with Crippen LogP contribution in [0.1, 0.15) is 44.8 Å². The van der Waals surface area contributed by atoms with Gasteiger partial charge in [-0.1, -0.05) is 36.8 Å². The third-order valence-electron chi connectivity index (χ3n) is 2.56. The van der Waals surface area contributed by atoms with Gasteiger partial charge in [-0.3, -0.25) is 4.79 Å². The molecule has 4 heteroatoms. The first-order valence-electron chi connectivity index (χ1n) is 7.18. The normalized spacial score (nSPS) is 11.7. The van der Waals surface area contributed by atoms with Gasteiger partial charge in [0.25, 0.3) is 0 Å². The maximum Gasteiger partial charge on any atom is 0.311 e. The van der Waals surface area contributed by atoms with Crippen molar-refractivity contribution in [3.63, 3.8) is 0 Å². The Morgan fingerprint density at radius 1 is 1.33 bits per heavy atom. The Hall–Kier alpha value is -1.68. The number of hydrogen-bond acceptors (Lipinski definition) is 4. The van der Waals surface area contributed by atoms with Gasteiger partial charge in [0.2, 0.25) is 0 Å². The van der Waals surface area contributed by atoms with Crippen LogP contribution in [0.3, 0.4) is 0 Å².